The fourth-order valence-corrected chi connectivity index (χ4v) is 4.27. The second-order valence-electron chi connectivity index (χ2n) is 7.64. The lowest BCUT2D eigenvalue weighted by molar-refractivity contribution is 0.101. The molecule has 6 nitrogen and oxygen atoms in total. The number of carbonyl (C=O) groups is 1. The molecule has 5 aromatic rings. The van der Waals surface area contributed by atoms with Gasteiger partial charge in [-0.15, -0.1) is 0 Å². The van der Waals surface area contributed by atoms with E-state index in [1.807, 2.05) is 54.6 Å². The van der Waals surface area contributed by atoms with Crippen molar-refractivity contribution in [2.24, 2.45) is 0 Å². The molecule has 0 spiro atoms. The van der Waals surface area contributed by atoms with Gasteiger partial charge in [0.05, 0.1) is 16.7 Å². The van der Waals surface area contributed by atoms with Crippen LogP contribution in [0.3, 0.4) is 0 Å². The number of anilines is 1. The molecule has 1 N–H and O–H groups in total. The van der Waals surface area contributed by atoms with Gasteiger partial charge in [0, 0.05) is 40.5 Å². The van der Waals surface area contributed by atoms with Gasteiger partial charge in [0.25, 0.3) is 0 Å². The number of rotatable bonds is 5. The highest BCUT2D eigenvalue weighted by molar-refractivity contribution is 6.31. The molecule has 7 heteroatoms. The van der Waals surface area contributed by atoms with Crippen molar-refractivity contribution in [3.05, 3.63) is 106 Å². The third kappa shape index (κ3) is 3.75. The number of Topliss-reactive ketones (excluding diaryl/α,β-unsaturated/α-hetero) is 1. The highest BCUT2D eigenvalue weighted by Gasteiger charge is 2.21. The van der Waals surface area contributed by atoms with Crippen molar-refractivity contribution < 1.29 is 4.79 Å². The average Bonchev–Trinajstić information content (AvgIpc) is 2.83. The van der Waals surface area contributed by atoms with Gasteiger partial charge in [0.2, 0.25) is 0 Å². The molecule has 162 valence electrons. The van der Waals surface area contributed by atoms with Crippen molar-refractivity contribution in [1.82, 2.24) is 14.5 Å². The van der Waals surface area contributed by atoms with Gasteiger partial charge in [-0.2, -0.15) is 0 Å². The van der Waals surface area contributed by atoms with E-state index in [1.54, 1.807) is 22.8 Å². The zero-order valence-corrected chi connectivity index (χ0v) is 18.5. The van der Waals surface area contributed by atoms with E-state index >= 15 is 0 Å². The van der Waals surface area contributed by atoms with Crippen LogP contribution in [-0.2, 0) is 6.54 Å². The van der Waals surface area contributed by atoms with Gasteiger partial charge in [-0.25, -0.2) is 9.97 Å². The lowest BCUT2D eigenvalue weighted by atomic mass is 10.0. The van der Waals surface area contributed by atoms with E-state index < -0.39 is 0 Å². The number of carbonyl (C=O) groups excluding carboxylic acids is 1. The van der Waals surface area contributed by atoms with Gasteiger partial charge in [-0.3, -0.25) is 9.59 Å². The van der Waals surface area contributed by atoms with Crippen LogP contribution in [0.25, 0.3) is 27.5 Å². The van der Waals surface area contributed by atoms with Crippen LogP contribution in [0.4, 0.5) is 5.82 Å². The fraction of sp³-hybridized carbons (Fsp3) is 0.0769. The number of aromatic nitrogens is 3. The lowest BCUT2D eigenvalue weighted by Gasteiger charge is -2.20. The molecule has 0 radical (unpaired) electrons. The Morgan fingerprint density at radius 3 is 2.52 bits per heavy atom. The normalized spacial score (nSPS) is 11.1. The van der Waals surface area contributed by atoms with Gasteiger partial charge in [0.15, 0.2) is 11.2 Å². The van der Waals surface area contributed by atoms with Gasteiger partial charge in [-0.1, -0.05) is 41.9 Å². The van der Waals surface area contributed by atoms with E-state index in [2.05, 4.69) is 15.3 Å². The molecule has 0 aliphatic heterocycles. The van der Waals surface area contributed by atoms with Crippen LogP contribution in [0, 0.1) is 0 Å². The molecule has 0 saturated carbocycles. The molecule has 0 aliphatic carbocycles. The molecule has 0 bridgehead atoms. The van der Waals surface area contributed by atoms with Crippen molar-refractivity contribution >= 4 is 45.0 Å². The summed E-state index contributed by atoms with van der Waals surface area (Å²) in [6.07, 6.45) is 1.47. The van der Waals surface area contributed by atoms with Crippen molar-refractivity contribution in [2.75, 3.05) is 5.32 Å². The first kappa shape index (κ1) is 20.8. The first-order chi connectivity index (χ1) is 16.0. The molecule has 2 heterocycles. The minimum Gasteiger partial charge on any atom is -0.365 e. The molecular formula is C26H19ClN4O2. The third-order valence-corrected chi connectivity index (χ3v) is 5.79. The zero-order chi connectivity index (χ0) is 22.9. The van der Waals surface area contributed by atoms with Gasteiger partial charge in [0.1, 0.15) is 12.1 Å². The smallest absolute Gasteiger partial charge is 0.195 e. The standard InChI is InChI=1S/C26H19ClN4O2/c1-16(32)24-21(14-28-26-19-9-5-6-10-22(19)29-15-30-26)25(33)20-12-11-17(27)13-23(20)31(24)18-7-3-2-4-8-18/h2-13,15H,14H2,1H3,(H,28,29,30). The second kappa shape index (κ2) is 8.48. The Morgan fingerprint density at radius 2 is 1.73 bits per heavy atom. The highest BCUT2D eigenvalue weighted by Crippen LogP contribution is 2.26. The average molecular weight is 455 g/mol. The summed E-state index contributed by atoms with van der Waals surface area (Å²) >= 11 is 6.27. The quantitative estimate of drug-likeness (QED) is 0.360. The predicted molar refractivity (Wildman–Crippen MR) is 131 cm³/mol. The first-order valence-electron chi connectivity index (χ1n) is 10.4. The molecule has 0 unspecified atom stereocenters. The summed E-state index contributed by atoms with van der Waals surface area (Å²) in [6, 6.07) is 22.2. The van der Waals surface area contributed by atoms with E-state index in [1.165, 1.54) is 13.3 Å². The molecule has 33 heavy (non-hydrogen) atoms. The van der Waals surface area contributed by atoms with Gasteiger partial charge in [-0.05, 0) is 42.5 Å². The van der Waals surface area contributed by atoms with Crippen molar-refractivity contribution in [3.63, 3.8) is 0 Å². The summed E-state index contributed by atoms with van der Waals surface area (Å²) in [5.74, 6) is 0.374. The molecular weight excluding hydrogens is 436 g/mol. The van der Waals surface area contributed by atoms with Gasteiger partial charge >= 0.3 is 0 Å². The maximum Gasteiger partial charge on any atom is 0.195 e. The summed E-state index contributed by atoms with van der Waals surface area (Å²) in [6.45, 7) is 1.59. The van der Waals surface area contributed by atoms with Crippen LogP contribution in [0.1, 0.15) is 23.0 Å². The molecule has 0 saturated heterocycles. The summed E-state index contributed by atoms with van der Waals surface area (Å²) < 4.78 is 1.81. The first-order valence-corrected chi connectivity index (χ1v) is 10.8. The van der Waals surface area contributed by atoms with Crippen LogP contribution in [-0.4, -0.2) is 20.3 Å². The Hall–Kier alpha value is -4.03. The van der Waals surface area contributed by atoms with Crippen LogP contribution < -0.4 is 10.7 Å². The number of hydrogen-bond donors (Lipinski definition) is 1. The molecule has 2 aromatic heterocycles. The van der Waals surface area contributed by atoms with Crippen LogP contribution in [0.2, 0.25) is 5.02 Å². The predicted octanol–water partition coefficient (Wildman–Crippen LogP) is 5.40. The van der Waals surface area contributed by atoms with Crippen molar-refractivity contribution in [1.29, 1.82) is 0 Å². The van der Waals surface area contributed by atoms with Crippen molar-refractivity contribution in [2.45, 2.75) is 13.5 Å². The van der Waals surface area contributed by atoms with E-state index in [-0.39, 0.29) is 17.8 Å². The van der Waals surface area contributed by atoms with E-state index in [0.29, 0.717) is 33.0 Å². The number of pyridine rings is 1. The molecule has 0 amide bonds. The number of nitrogens with zero attached hydrogens (tertiary/aromatic N) is 3. The molecule has 0 fully saturated rings. The largest absolute Gasteiger partial charge is 0.365 e. The Labute approximate surface area is 194 Å². The molecule has 0 atom stereocenters. The third-order valence-electron chi connectivity index (χ3n) is 5.55. The highest BCUT2D eigenvalue weighted by atomic mass is 35.5. The SMILES string of the molecule is CC(=O)c1c(CNc2ncnc3ccccc23)c(=O)c2ccc(Cl)cc2n1-c1ccccc1. The Morgan fingerprint density at radius 1 is 0.970 bits per heavy atom. The maximum atomic E-state index is 13.6. The van der Waals surface area contributed by atoms with E-state index in [9.17, 15) is 9.59 Å². The number of nitrogens with one attached hydrogen (secondary N) is 1. The summed E-state index contributed by atoms with van der Waals surface area (Å²) in [4.78, 5) is 35.1. The minimum atomic E-state index is -0.220. The summed E-state index contributed by atoms with van der Waals surface area (Å²) in [5, 5.41) is 5.06. The van der Waals surface area contributed by atoms with Crippen LogP contribution in [0.5, 0.6) is 0 Å². The Balaban J connectivity index is 1.74. The Bertz CT molecular complexity index is 1570. The topological polar surface area (TPSA) is 76.9 Å². The van der Waals surface area contributed by atoms with Crippen molar-refractivity contribution in [3.8, 4) is 5.69 Å². The monoisotopic (exact) mass is 454 g/mol. The minimum absolute atomic E-state index is 0.125. The van der Waals surface area contributed by atoms with E-state index in [0.717, 1.165) is 16.6 Å². The summed E-state index contributed by atoms with van der Waals surface area (Å²) in [7, 11) is 0. The molecule has 5 rings (SSSR count). The number of para-hydroxylation sites is 2. The van der Waals surface area contributed by atoms with Crippen LogP contribution in [0.15, 0.2) is 83.9 Å². The number of fused-ring (bicyclic) bond motifs is 2. The number of halogens is 1. The molecule has 3 aromatic carbocycles. The number of hydrogen-bond acceptors (Lipinski definition) is 5. The lowest BCUT2D eigenvalue weighted by Crippen LogP contribution is -2.24. The second-order valence-corrected chi connectivity index (χ2v) is 8.07. The fourth-order valence-electron chi connectivity index (χ4n) is 4.10. The molecule has 0 aliphatic rings. The van der Waals surface area contributed by atoms with Crippen LogP contribution >= 0.6 is 11.6 Å². The Kier molecular flexibility index (Phi) is 5.36. The van der Waals surface area contributed by atoms with Gasteiger partial charge < -0.3 is 9.88 Å². The zero-order valence-electron chi connectivity index (χ0n) is 17.7. The van der Waals surface area contributed by atoms with E-state index in [4.69, 9.17) is 11.6 Å². The number of benzene rings is 3. The number of ketones is 1. The summed E-state index contributed by atoms with van der Waals surface area (Å²) in [5.41, 5.74) is 2.60. The maximum absolute atomic E-state index is 13.6.